The Balaban J connectivity index is 0.000000232. The van der Waals surface area contributed by atoms with E-state index in [1.807, 2.05) is 82.2 Å². The zero-order valence-electron chi connectivity index (χ0n) is 52.7. The maximum Gasteiger partial charge on any atom is 0.224 e. The molecule has 9 N–H and O–H groups in total. The summed E-state index contributed by atoms with van der Waals surface area (Å²) in [6.07, 6.45) is 7.46. The average Bonchev–Trinajstić information content (AvgIpc) is 4.21. The number of carbonyl (C=O) groups excluding carboxylic acids is 3. The van der Waals surface area contributed by atoms with E-state index in [9.17, 15) is 40.2 Å². The van der Waals surface area contributed by atoms with E-state index < -0.39 is 11.2 Å². The van der Waals surface area contributed by atoms with E-state index in [1.54, 1.807) is 32.9 Å². The molecule has 0 spiro atoms. The molecule has 2 aliphatic carbocycles. The van der Waals surface area contributed by atoms with Crippen molar-refractivity contribution in [3.8, 4) is 11.5 Å². The number of nitrogens with one attached hydrogen (secondary N) is 2. The molecule has 5 aliphatic rings. The van der Waals surface area contributed by atoms with Gasteiger partial charge in [-0.3, -0.25) is 39.8 Å². The summed E-state index contributed by atoms with van der Waals surface area (Å²) < 4.78 is 0. The number of benzene rings is 2. The van der Waals surface area contributed by atoms with Crippen molar-refractivity contribution in [2.45, 2.75) is 199 Å². The van der Waals surface area contributed by atoms with Crippen molar-refractivity contribution in [2.75, 3.05) is 45.8 Å². The number of phenols is 2. The van der Waals surface area contributed by atoms with Crippen LogP contribution in [0.25, 0.3) is 0 Å². The lowest BCUT2D eigenvalue weighted by atomic mass is 9.72. The fourth-order valence-corrected chi connectivity index (χ4v) is 10.7. The third-order valence-corrected chi connectivity index (χ3v) is 15.8. The lowest BCUT2D eigenvalue weighted by Crippen LogP contribution is -2.38. The summed E-state index contributed by atoms with van der Waals surface area (Å²) in [6.45, 7) is 44.0. The van der Waals surface area contributed by atoms with Crippen LogP contribution in [-0.2, 0) is 42.9 Å². The van der Waals surface area contributed by atoms with E-state index in [2.05, 4.69) is 73.2 Å². The number of aromatic hydroxyl groups is 2. The monoisotopic (exact) mass is 1120 g/mol. The summed E-state index contributed by atoms with van der Waals surface area (Å²) in [7, 11) is 0. The van der Waals surface area contributed by atoms with Gasteiger partial charge in [0.25, 0.3) is 0 Å². The predicted octanol–water partition coefficient (Wildman–Crippen LogP) is 10.6. The van der Waals surface area contributed by atoms with Crippen LogP contribution in [0.2, 0.25) is 0 Å². The minimum absolute atomic E-state index is 0.0395. The smallest absolute Gasteiger partial charge is 0.224 e. The number of phenolic OH excluding ortho intramolecular Hbond substituents is 2. The van der Waals surface area contributed by atoms with Crippen molar-refractivity contribution in [3.05, 3.63) is 102 Å². The number of hydrogen-bond donors (Lipinski definition) is 8. The molecule has 2 unspecified atom stereocenters. The maximum absolute atomic E-state index is 12.7. The quantitative estimate of drug-likeness (QED) is 0.0773. The van der Waals surface area contributed by atoms with Crippen molar-refractivity contribution < 1.29 is 45.1 Å². The Hall–Kier alpha value is -5.78. The Bertz CT molecular complexity index is 2930. The standard InChI is InChI=1S/C17H25NO3.2C16H24N2O2.C16H26N2O2/c1-11-13(9-12-7-6-8-18-12)17(5,21-20)10-14(15(11)19)16(2,3)4;1-10-11(8-13-17-6-7-18-13)16(5,20)9-12(14(10)19)15(2,3)4;1-10-8-13(16(3,4)5)15(19)11(2)12(10)9-14-17-6-7-18(14)20;1-10-8-13(16(3,4)5)15(20)11(2)12(10)9-14(19)18-7-6-17/h10,20H,6-9H2,1-5H3;9,20H,6-8H2,1-5H3,(H,17,18);8,19-20H,6-7,9H2,1-5H3;8,20H,6-7,9,17H2,1-5H3,(H,18,19). The second kappa shape index (κ2) is 26.6. The van der Waals surface area contributed by atoms with Gasteiger partial charge in [-0.2, -0.15) is 0 Å². The van der Waals surface area contributed by atoms with Crippen molar-refractivity contribution >= 4 is 34.9 Å². The van der Waals surface area contributed by atoms with Gasteiger partial charge in [0.05, 0.1) is 26.1 Å². The van der Waals surface area contributed by atoms with Gasteiger partial charge in [0.2, 0.25) is 5.91 Å². The van der Waals surface area contributed by atoms with Crippen molar-refractivity contribution in [1.29, 1.82) is 0 Å². The lowest BCUT2D eigenvalue weighted by molar-refractivity contribution is -0.291. The minimum atomic E-state index is -1.09. The van der Waals surface area contributed by atoms with Crippen LogP contribution in [0.5, 0.6) is 11.5 Å². The second-order valence-electron chi connectivity index (χ2n) is 26.8. The van der Waals surface area contributed by atoms with Gasteiger partial charge >= 0.3 is 0 Å². The molecule has 448 valence electrons. The van der Waals surface area contributed by atoms with Crippen molar-refractivity contribution in [1.82, 2.24) is 15.7 Å². The normalized spacial score (nSPS) is 20.5. The molecule has 2 atom stereocenters. The number of nitrogens with zero attached hydrogens (tertiary/aromatic N) is 4. The zero-order chi connectivity index (χ0) is 61.5. The van der Waals surface area contributed by atoms with Crippen LogP contribution in [0.1, 0.15) is 181 Å². The molecule has 2 aromatic rings. The summed E-state index contributed by atoms with van der Waals surface area (Å²) in [4.78, 5) is 55.0. The number of allylic oxidation sites excluding steroid dienone is 4. The number of rotatable bonds is 11. The van der Waals surface area contributed by atoms with Crippen molar-refractivity contribution in [2.24, 2.45) is 31.5 Å². The van der Waals surface area contributed by atoms with Gasteiger partial charge in [0.15, 0.2) is 11.6 Å². The Morgan fingerprint density at radius 2 is 1.23 bits per heavy atom. The topological polar surface area (TPSA) is 252 Å². The summed E-state index contributed by atoms with van der Waals surface area (Å²) in [6, 6.07) is 4.03. The minimum Gasteiger partial charge on any atom is -0.507 e. The Morgan fingerprint density at radius 1 is 0.716 bits per heavy atom. The molecule has 2 aromatic carbocycles. The molecule has 16 nitrogen and oxygen atoms in total. The second-order valence-corrected chi connectivity index (χ2v) is 26.8. The van der Waals surface area contributed by atoms with E-state index in [0.717, 1.165) is 99.7 Å². The van der Waals surface area contributed by atoms with Crippen LogP contribution in [0, 0.1) is 38.5 Å². The number of carbonyl (C=O) groups is 3. The van der Waals surface area contributed by atoms with Gasteiger partial charge in [0.1, 0.15) is 34.4 Å². The molecule has 16 heteroatoms. The molecule has 81 heavy (non-hydrogen) atoms. The predicted molar refractivity (Wildman–Crippen MR) is 327 cm³/mol. The lowest BCUT2D eigenvalue weighted by Gasteiger charge is -2.36. The number of ketones is 2. The Kier molecular flexibility index (Phi) is 22.3. The van der Waals surface area contributed by atoms with Crippen molar-refractivity contribution in [3.63, 3.8) is 0 Å². The average molecular weight is 1120 g/mol. The SMILES string of the molecule is CC1=C(CC2=NCCC2)C(C)(OO)C=C(C(C)(C)C)C1=O.CC1=C(CC2=NCCN2)C(C)(O)C=C(C(C)(C)C)C1=O.Cc1cc(C(C)(C)C)c(O)c(C)c1CC(=O)NCCN.Cc1cc(C(C)(C)C)c(O)c(C)c1CC1=NCCN1O. The van der Waals surface area contributed by atoms with E-state index in [1.165, 1.54) is 5.06 Å². The molecule has 0 saturated heterocycles. The van der Waals surface area contributed by atoms with Gasteiger partial charge < -0.3 is 31.7 Å². The number of amidine groups is 2. The highest BCUT2D eigenvalue weighted by atomic mass is 17.1. The number of nitrogens with two attached hydrogens (primary N) is 1. The molecule has 0 saturated carbocycles. The summed E-state index contributed by atoms with van der Waals surface area (Å²) in [5.41, 5.74) is 15.6. The number of amides is 1. The fraction of sp³-hybridized carbons (Fsp3) is 0.600. The fourth-order valence-electron chi connectivity index (χ4n) is 10.7. The largest absolute Gasteiger partial charge is 0.507 e. The highest BCUT2D eigenvalue weighted by Crippen LogP contribution is 2.43. The van der Waals surface area contributed by atoms with Gasteiger partial charge in [-0.05, 0) is 169 Å². The molecule has 1 amide bonds. The summed E-state index contributed by atoms with van der Waals surface area (Å²) >= 11 is 0. The first kappa shape index (κ1) is 67.7. The zero-order valence-corrected chi connectivity index (χ0v) is 52.7. The van der Waals surface area contributed by atoms with E-state index in [4.69, 9.17) is 10.6 Å². The summed E-state index contributed by atoms with van der Waals surface area (Å²) in [5.74, 6) is 2.22. The molecule has 0 fully saturated rings. The number of hydroxylamine groups is 2. The molecular formula is C65H99N7O9. The third kappa shape index (κ3) is 16.9. The maximum atomic E-state index is 12.7. The molecule has 3 heterocycles. The molecule has 0 bridgehead atoms. The molecule has 7 rings (SSSR count). The highest BCUT2D eigenvalue weighted by molar-refractivity contribution is 6.12. The van der Waals surface area contributed by atoms with Gasteiger partial charge in [-0.15, -0.1) is 0 Å². The van der Waals surface area contributed by atoms with Gasteiger partial charge in [0, 0.05) is 62.3 Å². The molecule has 0 radical (unpaired) electrons. The number of aliphatic imine (C=N–C) groups is 3. The Labute approximate surface area is 483 Å². The van der Waals surface area contributed by atoms with Crippen LogP contribution in [0.3, 0.4) is 0 Å². The number of aryl methyl sites for hydroxylation is 2. The number of aliphatic hydroxyl groups is 1. The first-order valence-corrected chi connectivity index (χ1v) is 28.6. The van der Waals surface area contributed by atoms with Crippen LogP contribution in [0.4, 0.5) is 0 Å². The van der Waals surface area contributed by atoms with Crippen LogP contribution in [-0.4, -0.2) is 123 Å². The highest BCUT2D eigenvalue weighted by Gasteiger charge is 2.42. The number of hydrogen-bond acceptors (Lipinski definition) is 15. The van der Waals surface area contributed by atoms with E-state index >= 15 is 0 Å². The number of Topliss-reactive ketones (excluding diaryl/α,β-unsaturated/α-hetero) is 2. The summed E-state index contributed by atoms with van der Waals surface area (Å²) in [5, 5.41) is 57.9. The molecule has 0 aromatic heterocycles. The first-order chi connectivity index (χ1) is 37.2. The van der Waals surface area contributed by atoms with Gasteiger partial charge in [-0.1, -0.05) is 95.2 Å². The van der Waals surface area contributed by atoms with E-state index in [0.29, 0.717) is 85.1 Å². The van der Waals surface area contributed by atoms with Crippen LogP contribution >= 0.6 is 0 Å². The first-order valence-electron chi connectivity index (χ1n) is 28.6. The van der Waals surface area contributed by atoms with Crippen LogP contribution < -0.4 is 16.4 Å². The molecule has 3 aliphatic heterocycles. The van der Waals surface area contributed by atoms with Gasteiger partial charge in [-0.25, -0.2) is 9.95 Å². The Morgan fingerprint density at radius 3 is 1.68 bits per heavy atom. The van der Waals surface area contributed by atoms with E-state index in [-0.39, 0.29) is 45.6 Å². The third-order valence-electron chi connectivity index (χ3n) is 15.8. The molecular weight excluding hydrogens is 1020 g/mol. The van der Waals surface area contributed by atoms with Crippen LogP contribution in [0.15, 0.2) is 72.7 Å².